The highest BCUT2D eigenvalue weighted by molar-refractivity contribution is 7.13. The predicted octanol–water partition coefficient (Wildman–Crippen LogP) is 2.82. The van der Waals surface area contributed by atoms with Crippen molar-refractivity contribution in [2.24, 2.45) is 0 Å². The zero-order valence-corrected chi connectivity index (χ0v) is 14.6. The van der Waals surface area contributed by atoms with Crippen molar-refractivity contribution in [1.29, 1.82) is 0 Å². The molecular formula is C17H19N5OS. The molecule has 0 bridgehead atoms. The molecular weight excluding hydrogens is 322 g/mol. The second kappa shape index (κ2) is 5.98. The number of hydrogen-bond acceptors (Lipinski definition) is 5. The molecule has 3 aromatic heterocycles. The van der Waals surface area contributed by atoms with Crippen molar-refractivity contribution in [1.82, 2.24) is 24.7 Å². The van der Waals surface area contributed by atoms with E-state index in [-0.39, 0.29) is 5.91 Å². The number of amides is 1. The molecule has 0 radical (unpaired) electrons. The maximum atomic E-state index is 12.6. The summed E-state index contributed by atoms with van der Waals surface area (Å²) in [6.07, 6.45) is 1.79. The highest BCUT2D eigenvalue weighted by Gasteiger charge is 2.28. The number of aromatic nitrogens is 4. The number of rotatable bonds is 2. The summed E-state index contributed by atoms with van der Waals surface area (Å²) < 4.78 is 1.85. The molecule has 1 aliphatic rings. The molecule has 0 N–H and O–H groups in total. The van der Waals surface area contributed by atoms with Gasteiger partial charge < -0.3 is 4.90 Å². The molecule has 1 amide bonds. The number of hydrogen-bond donors (Lipinski definition) is 0. The minimum Gasteiger partial charge on any atom is -0.338 e. The highest BCUT2D eigenvalue weighted by atomic mass is 32.1. The molecule has 0 aliphatic carbocycles. The first-order chi connectivity index (χ1) is 11.6. The van der Waals surface area contributed by atoms with E-state index in [1.807, 2.05) is 47.5 Å². The predicted molar refractivity (Wildman–Crippen MR) is 92.5 cm³/mol. The first-order valence-corrected chi connectivity index (χ1v) is 8.98. The van der Waals surface area contributed by atoms with Crippen molar-refractivity contribution in [2.75, 3.05) is 13.1 Å². The van der Waals surface area contributed by atoms with E-state index in [1.165, 1.54) is 4.88 Å². The Hall–Kier alpha value is -2.28. The lowest BCUT2D eigenvalue weighted by Crippen LogP contribution is -2.38. The maximum Gasteiger partial charge on any atom is 0.263 e. The van der Waals surface area contributed by atoms with Crippen LogP contribution in [0.25, 0.3) is 5.65 Å². The van der Waals surface area contributed by atoms with Crippen LogP contribution in [0.5, 0.6) is 0 Å². The molecule has 1 aliphatic heterocycles. The molecule has 124 valence electrons. The van der Waals surface area contributed by atoms with E-state index in [0.29, 0.717) is 5.92 Å². The van der Waals surface area contributed by atoms with Crippen molar-refractivity contribution < 1.29 is 4.79 Å². The monoisotopic (exact) mass is 341 g/mol. The number of fused-ring (bicyclic) bond motifs is 1. The lowest BCUT2D eigenvalue weighted by molar-refractivity contribution is 0.0715. The molecule has 0 spiro atoms. The van der Waals surface area contributed by atoms with Gasteiger partial charge in [-0.05, 0) is 51.0 Å². The summed E-state index contributed by atoms with van der Waals surface area (Å²) in [6, 6.07) is 7.81. The number of thiophene rings is 1. The van der Waals surface area contributed by atoms with E-state index < -0.39 is 0 Å². The van der Waals surface area contributed by atoms with E-state index in [4.69, 9.17) is 0 Å². The van der Waals surface area contributed by atoms with Crippen molar-refractivity contribution >= 4 is 22.9 Å². The third kappa shape index (κ3) is 2.69. The summed E-state index contributed by atoms with van der Waals surface area (Å²) in [5.41, 5.74) is 1.73. The molecule has 0 saturated carbocycles. The average molecular weight is 341 g/mol. The number of piperidine rings is 1. The van der Waals surface area contributed by atoms with Crippen LogP contribution in [-0.4, -0.2) is 43.7 Å². The number of carbonyl (C=O) groups is 1. The number of carbonyl (C=O) groups excluding carboxylic acids is 1. The Kier molecular flexibility index (Phi) is 3.80. The fourth-order valence-corrected chi connectivity index (χ4v) is 4.03. The minimum atomic E-state index is 0.145. The van der Waals surface area contributed by atoms with Crippen molar-refractivity contribution in [2.45, 2.75) is 32.6 Å². The molecule has 0 aromatic carbocycles. The van der Waals surface area contributed by atoms with Crippen LogP contribution in [0, 0.1) is 13.8 Å². The Labute approximate surface area is 144 Å². The van der Waals surface area contributed by atoms with Gasteiger partial charge in [0.05, 0.1) is 10.6 Å². The fraction of sp³-hybridized carbons (Fsp3) is 0.412. The van der Waals surface area contributed by atoms with Crippen LogP contribution in [0.4, 0.5) is 0 Å². The van der Waals surface area contributed by atoms with Gasteiger partial charge >= 0.3 is 0 Å². The Morgan fingerprint density at radius 3 is 2.62 bits per heavy atom. The van der Waals surface area contributed by atoms with Gasteiger partial charge in [0.1, 0.15) is 0 Å². The summed E-state index contributed by atoms with van der Waals surface area (Å²) in [5.74, 6) is 1.35. The van der Waals surface area contributed by atoms with E-state index in [2.05, 4.69) is 15.3 Å². The van der Waals surface area contributed by atoms with E-state index in [1.54, 1.807) is 11.3 Å². The van der Waals surface area contributed by atoms with Crippen LogP contribution >= 0.6 is 11.3 Å². The SMILES string of the molecule is Cc1ccc2nnc(C3CCN(C(=O)c4ccc(C)s4)CC3)n2n1. The molecule has 0 atom stereocenters. The third-order valence-electron chi connectivity index (χ3n) is 4.52. The smallest absolute Gasteiger partial charge is 0.263 e. The lowest BCUT2D eigenvalue weighted by atomic mass is 9.96. The second-order valence-corrected chi connectivity index (χ2v) is 7.57. The van der Waals surface area contributed by atoms with Crippen molar-refractivity contribution in [3.63, 3.8) is 0 Å². The molecule has 24 heavy (non-hydrogen) atoms. The fourth-order valence-electron chi connectivity index (χ4n) is 3.20. The van der Waals surface area contributed by atoms with Crippen LogP contribution < -0.4 is 0 Å². The average Bonchev–Trinajstić information content (AvgIpc) is 3.20. The molecule has 3 aromatic rings. The number of nitrogens with zero attached hydrogens (tertiary/aromatic N) is 5. The first-order valence-electron chi connectivity index (χ1n) is 8.16. The first kappa shape index (κ1) is 15.3. The van der Waals surface area contributed by atoms with Crippen molar-refractivity contribution in [3.05, 3.63) is 45.5 Å². The van der Waals surface area contributed by atoms with E-state index in [0.717, 1.165) is 48.0 Å². The molecule has 1 saturated heterocycles. The molecule has 1 fully saturated rings. The Morgan fingerprint density at radius 1 is 1.12 bits per heavy atom. The van der Waals surface area contributed by atoms with Gasteiger partial charge in [-0.15, -0.1) is 21.5 Å². The molecule has 7 heteroatoms. The topological polar surface area (TPSA) is 63.4 Å². The van der Waals surface area contributed by atoms with Gasteiger partial charge in [-0.1, -0.05) is 0 Å². The summed E-state index contributed by atoms with van der Waals surface area (Å²) in [4.78, 5) is 16.5. The summed E-state index contributed by atoms with van der Waals surface area (Å²) in [7, 11) is 0. The molecule has 4 heterocycles. The maximum absolute atomic E-state index is 12.6. The quantitative estimate of drug-likeness (QED) is 0.719. The Balaban J connectivity index is 1.49. The Bertz CT molecular complexity index is 891. The van der Waals surface area contributed by atoms with Gasteiger partial charge in [-0.25, -0.2) is 0 Å². The zero-order valence-electron chi connectivity index (χ0n) is 13.8. The molecule has 6 nitrogen and oxygen atoms in total. The van der Waals surface area contributed by atoms with Gasteiger partial charge in [0.25, 0.3) is 5.91 Å². The zero-order chi connectivity index (χ0) is 16.7. The van der Waals surface area contributed by atoms with E-state index >= 15 is 0 Å². The van der Waals surface area contributed by atoms with Gasteiger partial charge in [0, 0.05) is 23.9 Å². The number of likely N-dealkylation sites (tertiary alicyclic amines) is 1. The second-order valence-electron chi connectivity index (χ2n) is 6.28. The van der Waals surface area contributed by atoms with Gasteiger partial charge in [0.2, 0.25) is 0 Å². The van der Waals surface area contributed by atoms with Gasteiger partial charge in [0.15, 0.2) is 11.5 Å². The Morgan fingerprint density at radius 2 is 1.92 bits per heavy atom. The summed E-state index contributed by atoms with van der Waals surface area (Å²) in [6.45, 7) is 5.49. The normalized spacial score (nSPS) is 16.0. The summed E-state index contributed by atoms with van der Waals surface area (Å²) in [5, 5.41) is 13.1. The third-order valence-corrected chi connectivity index (χ3v) is 5.51. The molecule has 0 unspecified atom stereocenters. The van der Waals surface area contributed by atoms with E-state index in [9.17, 15) is 4.79 Å². The lowest BCUT2D eigenvalue weighted by Gasteiger charge is -2.30. The van der Waals surface area contributed by atoms with Crippen LogP contribution in [0.2, 0.25) is 0 Å². The molecule has 4 rings (SSSR count). The largest absolute Gasteiger partial charge is 0.338 e. The van der Waals surface area contributed by atoms with Crippen LogP contribution in [0.1, 0.15) is 44.8 Å². The van der Waals surface area contributed by atoms with Crippen molar-refractivity contribution in [3.8, 4) is 0 Å². The number of aryl methyl sites for hydroxylation is 2. The van der Waals surface area contributed by atoms with Gasteiger partial charge in [-0.2, -0.15) is 9.61 Å². The van der Waals surface area contributed by atoms with Crippen LogP contribution in [0.15, 0.2) is 24.3 Å². The standard InChI is InChI=1S/C17H19N5OS/c1-11-3-6-15-18-19-16(22(15)20-11)13-7-9-21(10-8-13)17(23)14-5-4-12(2)24-14/h3-6,13H,7-10H2,1-2H3. The van der Waals surface area contributed by atoms with Crippen LogP contribution in [0.3, 0.4) is 0 Å². The highest BCUT2D eigenvalue weighted by Crippen LogP contribution is 2.28. The van der Waals surface area contributed by atoms with Gasteiger partial charge in [-0.3, -0.25) is 4.79 Å². The van der Waals surface area contributed by atoms with Crippen LogP contribution in [-0.2, 0) is 0 Å². The summed E-state index contributed by atoms with van der Waals surface area (Å²) >= 11 is 1.56. The minimum absolute atomic E-state index is 0.145.